The maximum Gasteiger partial charge on any atom is 0.273 e. The zero-order valence-electron chi connectivity index (χ0n) is 18.9. The van der Waals surface area contributed by atoms with E-state index in [4.69, 9.17) is 5.73 Å². The smallest absolute Gasteiger partial charge is 0.273 e. The molecule has 5 rings (SSSR count). The number of fused-ring (bicyclic) bond motifs is 1. The van der Waals surface area contributed by atoms with Crippen LogP contribution in [0.2, 0.25) is 0 Å². The van der Waals surface area contributed by atoms with E-state index in [2.05, 4.69) is 38.1 Å². The molecular weight excluding hydrogens is 428 g/mol. The number of rotatable bonds is 6. The molecule has 2 aromatic carbocycles. The monoisotopic (exact) mass is 456 g/mol. The average molecular weight is 457 g/mol. The first kappa shape index (κ1) is 22.0. The van der Waals surface area contributed by atoms with Gasteiger partial charge >= 0.3 is 0 Å². The van der Waals surface area contributed by atoms with Crippen molar-refractivity contribution in [2.75, 3.05) is 25.4 Å². The number of amides is 2. The fourth-order valence-electron chi connectivity index (χ4n) is 4.68. The summed E-state index contributed by atoms with van der Waals surface area (Å²) in [5.74, 6) is 0.00517. The molecule has 1 aromatic heterocycles. The van der Waals surface area contributed by atoms with Crippen molar-refractivity contribution >= 4 is 17.6 Å². The van der Waals surface area contributed by atoms with Crippen LogP contribution in [0.1, 0.15) is 50.9 Å². The molecule has 2 amide bonds. The van der Waals surface area contributed by atoms with Crippen LogP contribution < -0.4 is 21.7 Å². The van der Waals surface area contributed by atoms with E-state index in [1.54, 1.807) is 18.2 Å². The van der Waals surface area contributed by atoms with Gasteiger partial charge in [0.15, 0.2) is 11.5 Å². The summed E-state index contributed by atoms with van der Waals surface area (Å²) in [6.07, 6.45) is 4.41. The van der Waals surface area contributed by atoms with Gasteiger partial charge in [-0.25, -0.2) is 9.97 Å². The van der Waals surface area contributed by atoms with Crippen LogP contribution in [0.4, 0.5) is 5.82 Å². The highest BCUT2D eigenvalue weighted by molar-refractivity contribution is 5.97. The zero-order valence-corrected chi connectivity index (χ0v) is 18.9. The number of nitrogens with one attached hydrogen (secondary N) is 3. The van der Waals surface area contributed by atoms with E-state index in [0.717, 1.165) is 32.4 Å². The highest BCUT2D eigenvalue weighted by Gasteiger charge is 2.24. The van der Waals surface area contributed by atoms with E-state index >= 15 is 0 Å². The second-order valence-electron chi connectivity index (χ2n) is 8.90. The van der Waals surface area contributed by atoms with Crippen molar-refractivity contribution in [3.63, 3.8) is 0 Å². The Bertz CT molecular complexity index is 1220. The average Bonchev–Trinajstić information content (AvgIpc) is 3.53. The van der Waals surface area contributed by atoms with Crippen LogP contribution in [-0.4, -0.2) is 41.4 Å². The predicted molar refractivity (Wildman–Crippen MR) is 130 cm³/mol. The Kier molecular flexibility index (Phi) is 6.22. The third-order valence-electron chi connectivity index (χ3n) is 6.59. The third kappa shape index (κ3) is 4.63. The lowest BCUT2D eigenvalue weighted by molar-refractivity contribution is 0.0931. The first-order chi connectivity index (χ1) is 16.6. The van der Waals surface area contributed by atoms with E-state index in [1.807, 2.05) is 18.2 Å². The van der Waals surface area contributed by atoms with Crippen LogP contribution in [-0.2, 0) is 6.42 Å². The van der Waals surface area contributed by atoms with Crippen LogP contribution in [0.5, 0.6) is 0 Å². The van der Waals surface area contributed by atoms with Crippen LogP contribution in [0.25, 0.3) is 11.3 Å². The number of hydrogen-bond acceptors (Lipinski definition) is 6. The third-order valence-corrected chi connectivity index (χ3v) is 6.59. The molecule has 1 aliphatic heterocycles. The van der Waals surface area contributed by atoms with Gasteiger partial charge in [-0.15, -0.1) is 0 Å². The molecule has 2 aliphatic rings. The Morgan fingerprint density at radius 2 is 1.97 bits per heavy atom. The lowest BCUT2D eigenvalue weighted by atomic mass is 10.1. The summed E-state index contributed by atoms with van der Waals surface area (Å²) in [7, 11) is 0. The lowest BCUT2D eigenvalue weighted by Crippen LogP contribution is -2.31. The first-order valence-electron chi connectivity index (χ1n) is 11.7. The summed E-state index contributed by atoms with van der Waals surface area (Å²) in [6.45, 7) is 2.43. The first-order valence-corrected chi connectivity index (χ1v) is 11.7. The topological polar surface area (TPSA) is 122 Å². The zero-order chi connectivity index (χ0) is 23.5. The Labute approximate surface area is 198 Å². The highest BCUT2D eigenvalue weighted by atomic mass is 16.2. The number of hydrogen-bond donors (Lipinski definition) is 4. The molecule has 0 radical (unpaired) electrons. The normalized spacial score (nSPS) is 18.9. The number of carbonyl (C=O) groups is 2. The molecule has 0 bridgehead atoms. The largest absolute Gasteiger partial charge is 0.382 e. The number of anilines is 1. The molecule has 3 aromatic rings. The Morgan fingerprint density at radius 3 is 2.82 bits per heavy atom. The van der Waals surface area contributed by atoms with Crippen LogP contribution in [0.3, 0.4) is 0 Å². The molecule has 8 nitrogen and oxygen atoms in total. The molecule has 2 atom stereocenters. The molecule has 174 valence electrons. The molecule has 8 heteroatoms. The predicted octanol–water partition coefficient (Wildman–Crippen LogP) is 2.48. The second kappa shape index (κ2) is 9.61. The molecular formula is C26H28N6O2. The van der Waals surface area contributed by atoms with Crippen LogP contribution >= 0.6 is 0 Å². The van der Waals surface area contributed by atoms with E-state index < -0.39 is 0 Å². The molecule has 0 spiro atoms. The molecule has 34 heavy (non-hydrogen) atoms. The van der Waals surface area contributed by atoms with Gasteiger partial charge in [-0.3, -0.25) is 9.59 Å². The van der Waals surface area contributed by atoms with Gasteiger partial charge in [-0.2, -0.15) is 0 Å². The number of carbonyl (C=O) groups excluding carboxylic acids is 2. The van der Waals surface area contributed by atoms with E-state index in [1.165, 1.54) is 17.3 Å². The molecule has 1 aliphatic carbocycles. The van der Waals surface area contributed by atoms with Crippen molar-refractivity contribution in [3.8, 4) is 11.3 Å². The van der Waals surface area contributed by atoms with Crippen molar-refractivity contribution in [1.82, 2.24) is 25.9 Å². The van der Waals surface area contributed by atoms with Crippen molar-refractivity contribution in [2.24, 2.45) is 5.92 Å². The van der Waals surface area contributed by atoms with Crippen molar-refractivity contribution < 1.29 is 9.59 Å². The summed E-state index contributed by atoms with van der Waals surface area (Å²) in [5.41, 5.74) is 10.2. The molecule has 2 heterocycles. The summed E-state index contributed by atoms with van der Waals surface area (Å²) in [5, 5.41) is 9.34. The Balaban J connectivity index is 1.31. The van der Waals surface area contributed by atoms with E-state index in [9.17, 15) is 9.59 Å². The minimum absolute atomic E-state index is 0.00837. The SMILES string of the molecule is Nc1ncc(-c2cccc(C(=O)N[C@H]3CCc4ccccc43)c2)nc1C(=O)NC[C@H]1CCNC1. The quantitative estimate of drug-likeness (QED) is 0.452. The summed E-state index contributed by atoms with van der Waals surface area (Å²) in [4.78, 5) is 34.3. The van der Waals surface area contributed by atoms with Crippen LogP contribution in [0.15, 0.2) is 54.7 Å². The summed E-state index contributed by atoms with van der Waals surface area (Å²) < 4.78 is 0. The van der Waals surface area contributed by atoms with Crippen molar-refractivity contribution in [2.45, 2.75) is 25.3 Å². The molecule has 5 N–H and O–H groups in total. The Morgan fingerprint density at radius 1 is 1.09 bits per heavy atom. The van der Waals surface area contributed by atoms with Gasteiger partial charge in [0, 0.05) is 17.7 Å². The van der Waals surface area contributed by atoms with Gasteiger partial charge in [0.1, 0.15) is 0 Å². The number of nitrogens with zero attached hydrogens (tertiary/aromatic N) is 2. The van der Waals surface area contributed by atoms with E-state index in [-0.39, 0.29) is 29.4 Å². The number of benzene rings is 2. The van der Waals surface area contributed by atoms with Gasteiger partial charge < -0.3 is 21.7 Å². The van der Waals surface area contributed by atoms with Crippen LogP contribution in [0, 0.1) is 5.92 Å². The fraction of sp³-hybridized carbons (Fsp3) is 0.308. The second-order valence-corrected chi connectivity index (χ2v) is 8.90. The summed E-state index contributed by atoms with van der Waals surface area (Å²) >= 11 is 0. The fourth-order valence-corrected chi connectivity index (χ4v) is 4.68. The minimum Gasteiger partial charge on any atom is -0.382 e. The number of aromatic nitrogens is 2. The van der Waals surface area contributed by atoms with Crippen molar-refractivity contribution in [1.29, 1.82) is 0 Å². The molecule has 0 unspecified atom stereocenters. The molecule has 1 saturated heterocycles. The maximum atomic E-state index is 13.0. The molecule has 0 saturated carbocycles. The van der Waals surface area contributed by atoms with Crippen molar-refractivity contribution in [3.05, 3.63) is 77.1 Å². The lowest BCUT2D eigenvalue weighted by Gasteiger charge is -2.15. The number of aryl methyl sites for hydroxylation is 1. The van der Waals surface area contributed by atoms with Gasteiger partial charge in [0.2, 0.25) is 0 Å². The van der Waals surface area contributed by atoms with E-state index in [0.29, 0.717) is 29.3 Å². The Hall–Kier alpha value is -3.78. The summed E-state index contributed by atoms with van der Waals surface area (Å²) in [6, 6.07) is 15.4. The van der Waals surface area contributed by atoms with Gasteiger partial charge in [0.25, 0.3) is 11.8 Å². The molecule has 1 fully saturated rings. The highest BCUT2D eigenvalue weighted by Crippen LogP contribution is 2.31. The maximum absolute atomic E-state index is 13.0. The minimum atomic E-state index is -0.340. The van der Waals surface area contributed by atoms with Gasteiger partial charge in [-0.05, 0) is 61.5 Å². The van der Waals surface area contributed by atoms with Gasteiger partial charge in [-0.1, -0.05) is 36.4 Å². The van der Waals surface area contributed by atoms with Gasteiger partial charge in [0.05, 0.1) is 17.9 Å². The number of nitrogen functional groups attached to an aromatic ring is 1. The number of nitrogens with two attached hydrogens (primary N) is 1. The standard InChI is InChI=1S/C26H28N6O2/c27-24-23(26(34)30-14-16-10-11-28-13-16)31-22(15-29-24)18-5-3-6-19(12-18)25(33)32-21-9-8-17-4-1-2-7-20(17)21/h1-7,12,15-16,21,28H,8-11,13-14H2,(H2,27,29)(H,30,34)(H,32,33)/t16-,21-/m0/s1.